The van der Waals surface area contributed by atoms with E-state index in [2.05, 4.69) is 5.32 Å². The number of nitrogens with one attached hydrogen (secondary N) is 1. The van der Waals surface area contributed by atoms with Gasteiger partial charge in [0.2, 0.25) is 10.0 Å². The summed E-state index contributed by atoms with van der Waals surface area (Å²) in [5.41, 5.74) is 0.697. The van der Waals surface area contributed by atoms with Crippen LogP contribution in [0.1, 0.15) is 15.9 Å². The smallest absolute Gasteiger partial charge is 0.271 e. The highest BCUT2D eigenvalue weighted by atomic mass is 35.5. The van der Waals surface area contributed by atoms with Crippen molar-refractivity contribution in [2.45, 2.75) is 6.54 Å². The number of carbonyl (C=O) groups is 1. The highest BCUT2D eigenvalue weighted by molar-refractivity contribution is 7.92. The first kappa shape index (κ1) is 26.8. The molecule has 0 saturated carbocycles. The molecule has 1 amide bonds. The number of methoxy groups -OCH3 is 1. The number of anilines is 1. The highest BCUT2D eigenvalue weighted by Gasteiger charge is 2.24. The molecule has 190 valence electrons. The van der Waals surface area contributed by atoms with E-state index in [0.717, 1.165) is 16.6 Å². The summed E-state index contributed by atoms with van der Waals surface area (Å²) in [7, 11) is -2.49. The molecule has 0 heterocycles. The molecule has 0 saturated heterocycles. The van der Waals surface area contributed by atoms with Gasteiger partial charge in [-0.1, -0.05) is 35.9 Å². The molecule has 0 fully saturated rings. The zero-order valence-electron chi connectivity index (χ0n) is 19.5. The summed E-state index contributed by atoms with van der Waals surface area (Å²) in [4.78, 5) is 23.0. The molecule has 36 heavy (non-hydrogen) atoms. The Hall–Kier alpha value is -3.83. The van der Waals surface area contributed by atoms with E-state index in [1.54, 1.807) is 48.5 Å². The van der Waals surface area contributed by atoms with Gasteiger partial charge in [-0.25, -0.2) is 8.42 Å². The predicted octanol–water partition coefficient (Wildman–Crippen LogP) is 4.03. The van der Waals surface area contributed by atoms with Gasteiger partial charge >= 0.3 is 0 Å². The van der Waals surface area contributed by atoms with Crippen LogP contribution >= 0.6 is 11.6 Å². The van der Waals surface area contributed by atoms with E-state index in [1.165, 1.54) is 19.2 Å². The molecule has 0 radical (unpaired) electrons. The molecule has 1 N–H and O–H groups in total. The van der Waals surface area contributed by atoms with Crippen molar-refractivity contribution >= 4 is 38.9 Å². The lowest BCUT2D eigenvalue weighted by molar-refractivity contribution is -0.384. The van der Waals surface area contributed by atoms with Gasteiger partial charge in [0.25, 0.3) is 11.6 Å². The fourth-order valence-corrected chi connectivity index (χ4v) is 4.36. The minimum Gasteiger partial charge on any atom is -0.495 e. The van der Waals surface area contributed by atoms with Crippen molar-refractivity contribution in [3.05, 3.63) is 93.0 Å². The van der Waals surface area contributed by atoms with Crippen LogP contribution in [0.2, 0.25) is 5.02 Å². The van der Waals surface area contributed by atoms with Crippen molar-refractivity contribution < 1.29 is 27.6 Å². The van der Waals surface area contributed by atoms with Crippen LogP contribution in [0.15, 0.2) is 66.7 Å². The van der Waals surface area contributed by atoms with Crippen LogP contribution in [0.3, 0.4) is 0 Å². The number of hydrogen-bond acceptors (Lipinski definition) is 7. The van der Waals surface area contributed by atoms with Crippen LogP contribution in [-0.4, -0.2) is 45.8 Å². The molecule has 3 aromatic rings. The van der Waals surface area contributed by atoms with Crippen molar-refractivity contribution in [1.82, 2.24) is 5.32 Å². The number of sulfonamides is 1. The number of nitro groups is 1. The molecular formula is C24H24ClN3O7S. The third-order valence-corrected chi connectivity index (χ3v) is 6.51. The van der Waals surface area contributed by atoms with Gasteiger partial charge in [-0.05, 0) is 35.9 Å². The van der Waals surface area contributed by atoms with E-state index >= 15 is 0 Å². The lowest BCUT2D eigenvalue weighted by Crippen LogP contribution is -2.30. The molecule has 0 spiro atoms. The Balaban J connectivity index is 1.68. The van der Waals surface area contributed by atoms with Gasteiger partial charge in [-0.3, -0.25) is 19.2 Å². The molecule has 0 aliphatic heterocycles. The minimum atomic E-state index is -3.83. The summed E-state index contributed by atoms with van der Waals surface area (Å²) in [6.45, 7) is 0.353. The topological polar surface area (TPSA) is 128 Å². The van der Waals surface area contributed by atoms with Crippen LogP contribution in [0.4, 0.5) is 11.4 Å². The van der Waals surface area contributed by atoms with E-state index in [-0.39, 0.29) is 42.7 Å². The average molecular weight is 534 g/mol. The van der Waals surface area contributed by atoms with Crippen LogP contribution in [0.5, 0.6) is 11.5 Å². The van der Waals surface area contributed by atoms with Crippen LogP contribution in [0, 0.1) is 10.1 Å². The lowest BCUT2D eigenvalue weighted by atomic mass is 10.1. The Morgan fingerprint density at radius 2 is 1.78 bits per heavy atom. The van der Waals surface area contributed by atoms with Gasteiger partial charge < -0.3 is 14.8 Å². The summed E-state index contributed by atoms with van der Waals surface area (Å²) >= 11 is 6.03. The molecule has 3 aromatic carbocycles. The van der Waals surface area contributed by atoms with Crippen LogP contribution < -0.4 is 19.1 Å². The van der Waals surface area contributed by atoms with Gasteiger partial charge in [0.1, 0.15) is 23.8 Å². The molecule has 10 nitrogen and oxygen atoms in total. The molecule has 0 bridgehead atoms. The fourth-order valence-electron chi connectivity index (χ4n) is 3.28. The number of nitro benzene ring substituents is 1. The Morgan fingerprint density at radius 1 is 1.08 bits per heavy atom. The van der Waals surface area contributed by atoms with E-state index in [0.29, 0.717) is 21.9 Å². The van der Waals surface area contributed by atoms with Gasteiger partial charge in [0.15, 0.2) is 0 Å². The maximum atomic E-state index is 12.5. The SMILES string of the molecule is COc1ccc([N+](=O)[O-])cc1N(Cc1ccc(C(=O)NCCOc2ccccc2Cl)cc1)S(C)(=O)=O. The first-order valence-electron chi connectivity index (χ1n) is 10.6. The third-order valence-electron chi connectivity index (χ3n) is 5.07. The maximum Gasteiger partial charge on any atom is 0.271 e. The van der Waals surface area contributed by atoms with Gasteiger partial charge in [-0.2, -0.15) is 0 Å². The maximum absolute atomic E-state index is 12.5. The van der Waals surface area contributed by atoms with E-state index in [9.17, 15) is 23.3 Å². The van der Waals surface area contributed by atoms with E-state index in [4.69, 9.17) is 21.1 Å². The normalized spacial score (nSPS) is 11.0. The standard InChI is InChI=1S/C24H24ClN3O7S/c1-34-23-12-11-19(28(30)31)15-21(23)27(36(2,32)33)16-17-7-9-18(10-8-17)24(29)26-13-14-35-22-6-4-3-5-20(22)25/h3-12,15H,13-14,16H2,1-2H3,(H,26,29). The molecule has 12 heteroatoms. The first-order chi connectivity index (χ1) is 17.1. The van der Waals surface area contributed by atoms with Crippen molar-refractivity contribution in [2.75, 3.05) is 30.8 Å². The number of benzene rings is 3. The van der Waals surface area contributed by atoms with Gasteiger partial charge in [0.05, 0.1) is 36.4 Å². The molecule has 0 unspecified atom stereocenters. The number of carbonyl (C=O) groups excluding carboxylic acids is 1. The minimum absolute atomic E-state index is 0.0366. The Morgan fingerprint density at radius 3 is 2.39 bits per heavy atom. The fraction of sp³-hybridized carbons (Fsp3) is 0.208. The summed E-state index contributed by atoms with van der Waals surface area (Å²) in [5.74, 6) is 0.360. The number of para-hydroxylation sites is 1. The van der Waals surface area contributed by atoms with Gasteiger partial charge in [0, 0.05) is 17.7 Å². The zero-order chi connectivity index (χ0) is 26.3. The number of nitrogens with zero attached hydrogens (tertiary/aromatic N) is 2. The quantitative estimate of drug-likeness (QED) is 0.224. The summed E-state index contributed by atoms with van der Waals surface area (Å²) in [6, 6.07) is 17.1. The van der Waals surface area contributed by atoms with Gasteiger partial charge in [-0.15, -0.1) is 0 Å². The number of amides is 1. The second-order valence-electron chi connectivity index (χ2n) is 7.61. The Labute approximate surface area is 213 Å². The highest BCUT2D eigenvalue weighted by Crippen LogP contribution is 2.34. The van der Waals surface area contributed by atoms with E-state index in [1.807, 2.05) is 0 Å². The number of ether oxygens (including phenoxy) is 2. The number of rotatable bonds is 11. The molecule has 0 aliphatic carbocycles. The number of non-ortho nitro benzene ring substituents is 1. The second kappa shape index (κ2) is 11.7. The summed E-state index contributed by atoms with van der Waals surface area (Å²) < 4.78 is 36.9. The van der Waals surface area contributed by atoms with Crippen LogP contribution in [0.25, 0.3) is 0 Å². The summed E-state index contributed by atoms with van der Waals surface area (Å²) in [5, 5.41) is 14.4. The number of halogens is 1. The summed E-state index contributed by atoms with van der Waals surface area (Å²) in [6.07, 6.45) is 0.998. The van der Waals surface area contributed by atoms with Crippen molar-refractivity contribution in [1.29, 1.82) is 0 Å². The monoisotopic (exact) mass is 533 g/mol. The Bertz CT molecular complexity index is 1350. The molecular weight excluding hydrogens is 510 g/mol. The second-order valence-corrected chi connectivity index (χ2v) is 9.93. The average Bonchev–Trinajstić information content (AvgIpc) is 2.85. The Kier molecular flexibility index (Phi) is 8.73. The van der Waals surface area contributed by atoms with Crippen LogP contribution in [-0.2, 0) is 16.6 Å². The largest absolute Gasteiger partial charge is 0.495 e. The van der Waals surface area contributed by atoms with Crippen molar-refractivity contribution in [3.8, 4) is 11.5 Å². The lowest BCUT2D eigenvalue weighted by Gasteiger charge is -2.24. The predicted molar refractivity (Wildman–Crippen MR) is 136 cm³/mol. The molecule has 0 aromatic heterocycles. The molecule has 0 aliphatic rings. The first-order valence-corrected chi connectivity index (χ1v) is 12.9. The van der Waals surface area contributed by atoms with Crippen molar-refractivity contribution in [3.63, 3.8) is 0 Å². The third kappa shape index (κ3) is 6.86. The van der Waals surface area contributed by atoms with Crippen molar-refractivity contribution in [2.24, 2.45) is 0 Å². The molecule has 3 rings (SSSR count). The molecule has 0 atom stereocenters. The zero-order valence-corrected chi connectivity index (χ0v) is 21.1. The number of hydrogen-bond donors (Lipinski definition) is 1. The van der Waals surface area contributed by atoms with E-state index < -0.39 is 14.9 Å².